The number of benzene rings is 1. The van der Waals surface area contributed by atoms with Crippen LogP contribution in [0.4, 0.5) is 0 Å². The Morgan fingerprint density at radius 2 is 2.05 bits per heavy atom. The molecular formula is C16H19N3O. The van der Waals surface area contributed by atoms with E-state index in [0.29, 0.717) is 6.61 Å². The van der Waals surface area contributed by atoms with Crippen molar-refractivity contribution < 1.29 is 4.74 Å². The number of nitrogens with zero attached hydrogens (tertiary/aromatic N) is 2. The van der Waals surface area contributed by atoms with Crippen molar-refractivity contribution in [2.75, 3.05) is 13.2 Å². The fourth-order valence-electron chi connectivity index (χ4n) is 2.43. The summed E-state index contributed by atoms with van der Waals surface area (Å²) < 4.78 is 5.79. The Kier molecular flexibility index (Phi) is 3.92. The average molecular weight is 269 g/mol. The van der Waals surface area contributed by atoms with Crippen LogP contribution >= 0.6 is 0 Å². The monoisotopic (exact) mass is 269 g/mol. The van der Waals surface area contributed by atoms with Gasteiger partial charge in [-0.1, -0.05) is 25.1 Å². The molecule has 0 radical (unpaired) electrons. The maximum atomic E-state index is 5.79. The standard InChI is InChI=1S/C16H19N3O/c1-2-17-8-12-9-18-16(19-10-12)14-7-13-5-3-4-6-15(13)20-11-14/h3-6,9-10,14,17H,2,7-8,11H2,1H3. The second-order valence-electron chi connectivity index (χ2n) is 5.05. The van der Waals surface area contributed by atoms with Gasteiger partial charge in [0.05, 0.1) is 12.5 Å². The maximum absolute atomic E-state index is 5.79. The molecule has 104 valence electrons. The summed E-state index contributed by atoms with van der Waals surface area (Å²) in [6.45, 7) is 4.52. The van der Waals surface area contributed by atoms with E-state index in [1.807, 2.05) is 30.6 Å². The predicted octanol–water partition coefficient (Wildman–Crippen LogP) is 2.30. The Morgan fingerprint density at radius 1 is 1.25 bits per heavy atom. The number of ether oxygens (including phenoxy) is 1. The van der Waals surface area contributed by atoms with Crippen molar-refractivity contribution in [2.45, 2.75) is 25.8 Å². The van der Waals surface area contributed by atoms with Crippen molar-refractivity contribution in [1.82, 2.24) is 15.3 Å². The van der Waals surface area contributed by atoms with Gasteiger partial charge in [0, 0.05) is 24.5 Å². The molecule has 0 saturated heterocycles. The molecule has 0 aliphatic carbocycles. The smallest absolute Gasteiger partial charge is 0.135 e. The predicted molar refractivity (Wildman–Crippen MR) is 77.8 cm³/mol. The fraction of sp³-hybridized carbons (Fsp3) is 0.375. The van der Waals surface area contributed by atoms with Crippen LogP contribution in [0.15, 0.2) is 36.7 Å². The lowest BCUT2D eigenvalue weighted by molar-refractivity contribution is 0.257. The summed E-state index contributed by atoms with van der Waals surface area (Å²) in [5.41, 5.74) is 2.36. The van der Waals surface area contributed by atoms with E-state index in [4.69, 9.17) is 4.74 Å². The van der Waals surface area contributed by atoms with E-state index in [-0.39, 0.29) is 5.92 Å². The number of rotatable bonds is 4. The van der Waals surface area contributed by atoms with Gasteiger partial charge in [-0.25, -0.2) is 9.97 Å². The second-order valence-corrected chi connectivity index (χ2v) is 5.05. The molecule has 4 nitrogen and oxygen atoms in total. The molecule has 1 aromatic heterocycles. The molecule has 0 amide bonds. The molecule has 1 aliphatic heterocycles. The van der Waals surface area contributed by atoms with Crippen LogP contribution in [-0.4, -0.2) is 23.1 Å². The van der Waals surface area contributed by atoms with Crippen molar-refractivity contribution in [1.29, 1.82) is 0 Å². The molecule has 2 heterocycles. The van der Waals surface area contributed by atoms with E-state index in [2.05, 4.69) is 28.3 Å². The molecule has 3 rings (SSSR count). The van der Waals surface area contributed by atoms with Gasteiger partial charge in [-0.3, -0.25) is 0 Å². The average Bonchev–Trinajstić information content (AvgIpc) is 2.53. The second kappa shape index (κ2) is 6.01. The summed E-state index contributed by atoms with van der Waals surface area (Å²) >= 11 is 0. The Bertz CT molecular complexity index is 568. The highest BCUT2D eigenvalue weighted by Gasteiger charge is 2.22. The van der Waals surface area contributed by atoms with E-state index in [0.717, 1.165) is 36.6 Å². The molecule has 1 unspecified atom stereocenters. The van der Waals surface area contributed by atoms with E-state index in [9.17, 15) is 0 Å². The number of nitrogens with one attached hydrogen (secondary N) is 1. The first kappa shape index (κ1) is 13.1. The van der Waals surface area contributed by atoms with Crippen LogP contribution in [0.5, 0.6) is 5.75 Å². The van der Waals surface area contributed by atoms with Gasteiger partial charge in [-0.2, -0.15) is 0 Å². The minimum Gasteiger partial charge on any atom is -0.493 e. The van der Waals surface area contributed by atoms with Crippen LogP contribution in [0.3, 0.4) is 0 Å². The van der Waals surface area contributed by atoms with Crippen LogP contribution < -0.4 is 10.1 Å². The van der Waals surface area contributed by atoms with E-state index >= 15 is 0 Å². The van der Waals surface area contributed by atoms with Crippen molar-refractivity contribution in [2.24, 2.45) is 0 Å². The third-order valence-electron chi connectivity index (χ3n) is 3.55. The normalized spacial score (nSPS) is 17.4. The van der Waals surface area contributed by atoms with E-state index in [1.165, 1.54) is 5.56 Å². The number of hydrogen-bond donors (Lipinski definition) is 1. The zero-order valence-electron chi connectivity index (χ0n) is 11.7. The first-order valence-electron chi connectivity index (χ1n) is 7.09. The van der Waals surface area contributed by atoms with Crippen LogP contribution in [-0.2, 0) is 13.0 Å². The quantitative estimate of drug-likeness (QED) is 0.925. The molecule has 1 N–H and O–H groups in total. The Hall–Kier alpha value is -1.94. The largest absolute Gasteiger partial charge is 0.493 e. The molecule has 4 heteroatoms. The van der Waals surface area contributed by atoms with Gasteiger partial charge in [0.2, 0.25) is 0 Å². The molecule has 0 spiro atoms. The summed E-state index contributed by atoms with van der Waals surface area (Å²) in [7, 11) is 0. The molecule has 2 aromatic rings. The number of para-hydroxylation sites is 1. The lowest BCUT2D eigenvalue weighted by Gasteiger charge is -2.24. The van der Waals surface area contributed by atoms with Gasteiger partial charge in [0.15, 0.2) is 0 Å². The highest BCUT2D eigenvalue weighted by Crippen LogP contribution is 2.30. The Labute approximate surface area is 119 Å². The van der Waals surface area contributed by atoms with Crippen LogP contribution in [0.2, 0.25) is 0 Å². The highest BCUT2D eigenvalue weighted by molar-refractivity contribution is 5.36. The Balaban J connectivity index is 1.71. The van der Waals surface area contributed by atoms with Gasteiger partial charge in [-0.15, -0.1) is 0 Å². The van der Waals surface area contributed by atoms with Crippen molar-refractivity contribution in [3.05, 3.63) is 53.6 Å². The third-order valence-corrected chi connectivity index (χ3v) is 3.55. The van der Waals surface area contributed by atoms with Crippen molar-refractivity contribution >= 4 is 0 Å². The molecule has 1 aliphatic rings. The zero-order valence-corrected chi connectivity index (χ0v) is 11.7. The molecule has 0 fully saturated rings. The van der Waals surface area contributed by atoms with E-state index < -0.39 is 0 Å². The summed E-state index contributed by atoms with van der Waals surface area (Å²) in [5, 5.41) is 3.27. The molecule has 20 heavy (non-hydrogen) atoms. The van der Waals surface area contributed by atoms with Gasteiger partial charge in [0.1, 0.15) is 11.6 Å². The zero-order chi connectivity index (χ0) is 13.8. The van der Waals surface area contributed by atoms with Crippen LogP contribution in [0, 0.1) is 0 Å². The van der Waals surface area contributed by atoms with Crippen LogP contribution in [0.1, 0.15) is 29.8 Å². The summed E-state index contributed by atoms with van der Waals surface area (Å²) in [6.07, 6.45) is 4.76. The summed E-state index contributed by atoms with van der Waals surface area (Å²) in [6, 6.07) is 8.18. The minimum atomic E-state index is 0.248. The minimum absolute atomic E-state index is 0.248. The SMILES string of the molecule is CCNCc1cnc(C2COc3ccccc3C2)nc1. The molecule has 0 saturated carbocycles. The first-order chi connectivity index (χ1) is 9.86. The number of hydrogen-bond acceptors (Lipinski definition) is 4. The lowest BCUT2D eigenvalue weighted by atomic mass is 9.96. The van der Waals surface area contributed by atoms with Crippen molar-refractivity contribution in [3.63, 3.8) is 0 Å². The number of fused-ring (bicyclic) bond motifs is 1. The molecule has 1 atom stereocenters. The van der Waals surface area contributed by atoms with Crippen molar-refractivity contribution in [3.8, 4) is 5.75 Å². The van der Waals surface area contributed by atoms with E-state index in [1.54, 1.807) is 0 Å². The first-order valence-corrected chi connectivity index (χ1v) is 7.09. The van der Waals surface area contributed by atoms with Gasteiger partial charge in [0.25, 0.3) is 0 Å². The topological polar surface area (TPSA) is 47.0 Å². The third kappa shape index (κ3) is 2.80. The molecule has 0 bridgehead atoms. The Morgan fingerprint density at radius 3 is 2.85 bits per heavy atom. The maximum Gasteiger partial charge on any atom is 0.135 e. The summed E-state index contributed by atoms with van der Waals surface area (Å²) in [5.74, 6) is 2.12. The molecule has 1 aromatic carbocycles. The van der Waals surface area contributed by atoms with Gasteiger partial charge in [-0.05, 0) is 24.6 Å². The fourth-order valence-corrected chi connectivity index (χ4v) is 2.43. The van der Waals surface area contributed by atoms with Gasteiger partial charge >= 0.3 is 0 Å². The van der Waals surface area contributed by atoms with Crippen LogP contribution in [0.25, 0.3) is 0 Å². The molecular weight excluding hydrogens is 250 g/mol. The highest BCUT2D eigenvalue weighted by atomic mass is 16.5. The lowest BCUT2D eigenvalue weighted by Crippen LogP contribution is -2.21. The van der Waals surface area contributed by atoms with Gasteiger partial charge < -0.3 is 10.1 Å². The number of aromatic nitrogens is 2. The summed E-state index contributed by atoms with van der Waals surface area (Å²) in [4.78, 5) is 8.99.